The molecule has 418 valence electrons. The maximum atomic E-state index is 16.4. The van der Waals surface area contributed by atoms with Crippen LogP contribution in [0, 0.1) is 58.9 Å². The molecular formula is C75H40F7IrN4. The summed E-state index contributed by atoms with van der Waals surface area (Å²) < 4.78 is 109. The van der Waals surface area contributed by atoms with Gasteiger partial charge in [-0.3, -0.25) is 17.6 Å². The van der Waals surface area contributed by atoms with Gasteiger partial charge in [0.2, 0.25) is 0 Å². The van der Waals surface area contributed by atoms with Crippen molar-refractivity contribution in [1.29, 1.82) is 0 Å². The second kappa shape index (κ2) is 23.2. The summed E-state index contributed by atoms with van der Waals surface area (Å²) in [6, 6.07) is 71.3. The molecule has 0 radical (unpaired) electrons. The van der Waals surface area contributed by atoms with E-state index in [0.29, 0.717) is 72.5 Å². The molecule has 0 aliphatic rings. The van der Waals surface area contributed by atoms with E-state index in [0.717, 1.165) is 68.4 Å². The van der Waals surface area contributed by atoms with Crippen molar-refractivity contribution in [1.82, 2.24) is 19.5 Å². The van der Waals surface area contributed by atoms with Crippen LogP contribution in [0.15, 0.2) is 243 Å². The molecule has 0 saturated heterocycles. The molecule has 0 N–H and O–H groups in total. The summed E-state index contributed by atoms with van der Waals surface area (Å²) in [5, 5.41) is 2.04. The molecule has 0 fully saturated rings. The van der Waals surface area contributed by atoms with Gasteiger partial charge in [-0.15, -0.1) is 60.2 Å². The Morgan fingerprint density at radius 1 is 0.310 bits per heavy atom. The first-order valence-corrected chi connectivity index (χ1v) is 27.3. The number of nitrogens with zero attached hydrogens (tertiary/aromatic N) is 4. The van der Waals surface area contributed by atoms with Crippen molar-refractivity contribution >= 4 is 21.8 Å². The summed E-state index contributed by atoms with van der Waals surface area (Å²) in [6.07, 6.45) is 4.77. The molecule has 0 bridgehead atoms. The predicted octanol–water partition coefficient (Wildman–Crippen LogP) is 20.0. The van der Waals surface area contributed by atoms with Gasteiger partial charge in [0, 0.05) is 63.9 Å². The minimum Gasteiger partial charge on any atom is -0.309 e. The summed E-state index contributed by atoms with van der Waals surface area (Å²) >= 11 is 0. The molecule has 0 aliphatic heterocycles. The third-order valence-electron chi connectivity index (χ3n) is 15.4. The second-order valence-corrected chi connectivity index (χ2v) is 20.6. The normalized spacial score (nSPS) is 11.3. The van der Waals surface area contributed by atoms with Crippen LogP contribution in [0.2, 0.25) is 0 Å². The molecule has 14 aromatic rings. The number of hydrogen-bond acceptors (Lipinski definition) is 3. The quantitative estimate of drug-likeness (QED) is 0.0957. The number of rotatable bonds is 11. The van der Waals surface area contributed by atoms with E-state index in [9.17, 15) is 8.78 Å². The molecule has 10 aromatic carbocycles. The van der Waals surface area contributed by atoms with Crippen LogP contribution in [0.5, 0.6) is 0 Å². The summed E-state index contributed by atoms with van der Waals surface area (Å²) in [6.45, 7) is 0. The topological polar surface area (TPSA) is 43.6 Å². The summed E-state index contributed by atoms with van der Waals surface area (Å²) in [5.41, 5.74) is 12.1. The van der Waals surface area contributed by atoms with Gasteiger partial charge in [0.05, 0.1) is 11.0 Å². The Morgan fingerprint density at radius 3 is 1.34 bits per heavy atom. The molecular weight excluding hydrogens is 1280 g/mol. The number of hydrogen-bond donors (Lipinski definition) is 0. The number of para-hydroxylation sites is 2. The van der Waals surface area contributed by atoms with Crippen molar-refractivity contribution in [3.05, 3.63) is 302 Å². The smallest absolute Gasteiger partial charge is 0.309 e. The van der Waals surface area contributed by atoms with E-state index in [1.807, 2.05) is 72.8 Å². The molecule has 4 heterocycles. The Kier molecular flexibility index (Phi) is 14.9. The molecule has 87 heavy (non-hydrogen) atoms. The fourth-order valence-electron chi connectivity index (χ4n) is 11.4. The monoisotopic (exact) mass is 1320 g/mol. The molecule has 4 aromatic heterocycles. The Balaban J connectivity index is 0.00000700. The number of pyridine rings is 3. The van der Waals surface area contributed by atoms with E-state index in [1.165, 1.54) is 48.8 Å². The van der Waals surface area contributed by atoms with E-state index < -0.39 is 40.7 Å². The predicted molar refractivity (Wildman–Crippen MR) is 325 cm³/mol. The van der Waals surface area contributed by atoms with E-state index in [4.69, 9.17) is 4.98 Å². The van der Waals surface area contributed by atoms with Gasteiger partial charge in [0.1, 0.15) is 17.5 Å². The third-order valence-corrected chi connectivity index (χ3v) is 15.4. The van der Waals surface area contributed by atoms with E-state index >= 15 is 22.0 Å². The summed E-state index contributed by atoms with van der Waals surface area (Å²) in [5.74, 6) is -5.01. The molecule has 0 atom stereocenters. The van der Waals surface area contributed by atoms with Gasteiger partial charge in [-0.25, -0.2) is 13.2 Å². The van der Waals surface area contributed by atoms with Crippen LogP contribution in [0.25, 0.3) is 139 Å². The largest absolute Gasteiger partial charge is 3.00 e. The Morgan fingerprint density at radius 2 is 0.805 bits per heavy atom. The third kappa shape index (κ3) is 10.7. The van der Waals surface area contributed by atoms with Crippen molar-refractivity contribution in [2.45, 2.75) is 0 Å². The van der Waals surface area contributed by atoms with Gasteiger partial charge in [-0.1, -0.05) is 114 Å². The van der Waals surface area contributed by atoms with Gasteiger partial charge < -0.3 is 19.5 Å². The summed E-state index contributed by atoms with van der Waals surface area (Å²) in [4.78, 5) is 14.1. The van der Waals surface area contributed by atoms with Crippen LogP contribution in [-0.2, 0) is 20.1 Å². The van der Waals surface area contributed by atoms with Crippen molar-refractivity contribution in [3.8, 4) is 117 Å². The zero-order chi connectivity index (χ0) is 58.6. The number of halogens is 7. The van der Waals surface area contributed by atoms with Gasteiger partial charge in [0.25, 0.3) is 0 Å². The van der Waals surface area contributed by atoms with Crippen LogP contribution < -0.4 is 0 Å². The maximum absolute atomic E-state index is 16.4. The zero-order valence-corrected chi connectivity index (χ0v) is 47.8. The SMILES string of the molecule is Fc1c[c-]c(-c2ccc(-c3ccc(F)cc3-c3cc(-c4cc(F)ccc4-c4ccc(-c5[c-]cc(F)cc5F)nc4)cc(-c4cc(F)ccc4-c4cnc(-c5[c-]cccc5)cc4-c4ccc5c(c4)c4ccccc4n5-c4ccccc4)c3)cn2)c(F)c1.[Ir+3]. The average molecular weight is 1320 g/mol. The van der Waals surface area contributed by atoms with Gasteiger partial charge in [-0.2, -0.15) is 0 Å². The fraction of sp³-hybridized carbons (Fsp3) is 0. The Labute approximate surface area is 508 Å². The molecule has 4 nitrogen and oxygen atoms in total. The van der Waals surface area contributed by atoms with E-state index in [2.05, 4.69) is 75.2 Å². The molecule has 0 amide bonds. The van der Waals surface area contributed by atoms with Crippen LogP contribution in [-0.4, -0.2) is 19.5 Å². The van der Waals surface area contributed by atoms with Crippen LogP contribution in [0.3, 0.4) is 0 Å². The second-order valence-electron chi connectivity index (χ2n) is 20.6. The Bertz CT molecular complexity index is 4800. The summed E-state index contributed by atoms with van der Waals surface area (Å²) in [7, 11) is 0. The molecule has 0 saturated carbocycles. The molecule has 14 rings (SSSR count). The number of aromatic nitrogens is 4. The van der Waals surface area contributed by atoms with Gasteiger partial charge in [0.15, 0.2) is 0 Å². The van der Waals surface area contributed by atoms with Gasteiger partial charge in [-0.05, 0) is 174 Å². The zero-order valence-electron chi connectivity index (χ0n) is 45.4. The Hall–Kier alpha value is -10.4. The van der Waals surface area contributed by atoms with E-state index in [-0.39, 0.29) is 42.6 Å². The molecule has 12 heteroatoms. The van der Waals surface area contributed by atoms with Crippen molar-refractivity contribution in [2.75, 3.05) is 0 Å². The molecule has 0 aliphatic carbocycles. The minimum absolute atomic E-state index is 0. The van der Waals surface area contributed by atoms with Crippen molar-refractivity contribution in [3.63, 3.8) is 0 Å². The average Bonchev–Trinajstić information content (AvgIpc) is 1.80. The standard InChI is InChI=1S/C75H40F7N4.Ir/c76-51-18-23-57(46-15-28-71(83-41-46)61-26-21-54(79)38-69(61)81)63(35-51)48-31-49(64-36-52(77)19-24-58(64)47-16-29-72(84-42-47)62-27-22-55(80)39-70(62)82)33-50(32-48)65-37-53(78)20-25-59(65)68-43-85-73(44-9-3-1-4-10-44)40-66(68)45-17-30-75-67(34-45)60-13-7-8-14-74(60)86(75)56-11-5-2-6-12-56;/h1-9,11-25,28-43H;/q-3;+3. The van der Waals surface area contributed by atoms with Crippen LogP contribution >= 0.6 is 0 Å². The first-order chi connectivity index (χ1) is 42.0. The fourth-order valence-corrected chi connectivity index (χ4v) is 11.4. The number of benzene rings is 10. The van der Waals surface area contributed by atoms with Crippen molar-refractivity contribution < 1.29 is 50.8 Å². The molecule has 0 unspecified atom stereocenters. The number of fused-ring (bicyclic) bond motifs is 3. The first-order valence-electron chi connectivity index (χ1n) is 27.3. The van der Waals surface area contributed by atoms with E-state index in [1.54, 1.807) is 54.7 Å². The minimum atomic E-state index is -0.848. The van der Waals surface area contributed by atoms with Gasteiger partial charge >= 0.3 is 20.1 Å². The maximum Gasteiger partial charge on any atom is 3.00 e. The van der Waals surface area contributed by atoms with Crippen molar-refractivity contribution in [2.24, 2.45) is 0 Å². The van der Waals surface area contributed by atoms with Crippen LogP contribution in [0.1, 0.15) is 0 Å². The van der Waals surface area contributed by atoms with Crippen LogP contribution in [0.4, 0.5) is 30.7 Å². The molecule has 0 spiro atoms. The first kappa shape index (κ1) is 55.8.